The van der Waals surface area contributed by atoms with Crippen LogP contribution < -0.4 is 5.32 Å². The number of nitrogens with one attached hydrogen (secondary N) is 1. The molecule has 0 saturated carbocycles. The second-order valence-electron chi connectivity index (χ2n) is 6.50. The average molecular weight is 435 g/mol. The normalized spacial score (nSPS) is 12.0. The predicted octanol–water partition coefficient (Wildman–Crippen LogP) is 5.21. The number of benzene rings is 2. The molecule has 1 atom stereocenters. The molecule has 0 aliphatic carbocycles. The lowest BCUT2D eigenvalue weighted by atomic mass is 10.1. The summed E-state index contributed by atoms with van der Waals surface area (Å²) in [6.45, 7) is 3.88. The summed E-state index contributed by atoms with van der Waals surface area (Å²) in [6.07, 6.45) is 0. The van der Waals surface area contributed by atoms with Crippen molar-refractivity contribution in [3.8, 4) is 0 Å². The van der Waals surface area contributed by atoms with Crippen molar-refractivity contribution >= 4 is 40.9 Å². The Hall–Kier alpha value is -2.02. The summed E-state index contributed by atoms with van der Waals surface area (Å²) in [4.78, 5) is 12.4. The van der Waals surface area contributed by atoms with Gasteiger partial charge in [-0.05, 0) is 43.7 Å². The molecule has 0 fully saturated rings. The molecular formula is C20H20Cl2N4OS. The van der Waals surface area contributed by atoms with Gasteiger partial charge in [-0.15, -0.1) is 10.2 Å². The largest absolute Gasteiger partial charge is 0.342 e. The van der Waals surface area contributed by atoms with Crippen molar-refractivity contribution in [1.82, 2.24) is 20.1 Å². The molecule has 146 valence electrons. The van der Waals surface area contributed by atoms with Crippen molar-refractivity contribution in [3.63, 3.8) is 0 Å². The van der Waals surface area contributed by atoms with Crippen molar-refractivity contribution in [1.29, 1.82) is 0 Å². The average Bonchev–Trinajstić information content (AvgIpc) is 3.04. The molecule has 1 N–H and O–H groups in total. The van der Waals surface area contributed by atoms with Gasteiger partial charge in [0.05, 0.1) is 16.1 Å². The van der Waals surface area contributed by atoms with Crippen LogP contribution in [0.5, 0.6) is 0 Å². The van der Waals surface area contributed by atoms with Crippen molar-refractivity contribution in [2.75, 3.05) is 0 Å². The SMILES string of the molecule is Cc1ccc(C(=O)N[C@@H](C)c2nnc(SCc3ccc(Cl)c(Cl)c3)n2C)cc1. The van der Waals surface area contributed by atoms with Crippen LogP contribution in [0.3, 0.4) is 0 Å². The molecule has 0 aliphatic heterocycles. The number of carbonyl (C=O) groups is 1. The lowest BCUT2D eigenvalue weighted by molar-refractivity contribution is 0.0937. The van der Waals surface area contributed by atoms with Gasteiger partial charge in [-0.3, -0.25) is 4.79 Å². The Morgan fingerprint density at radius 3 is 2.54 bits per heavy atom. The van der Waals surface area contributed by atoms with Gasteiger partial charge in [-0.25, -0.2) is 0 Å². The van der Waals surface area contributed by atoms with E-state index in [4.69, 9.17) is 23.2 Å². The van der Waals surface area contributed by atoms with Gasteiger partial charge in [0.15, 0.2) is 11.0 Å². The van der Waals surface area contributed by atoms with Crippen molar-refractivity contribution in [2.45, 2.75) is 30.8 Å². The van der Waals surface area contributed by atoms with E-state index in [0.29, 0.717) is 27.2 Å². The molecule has 0 spiro atoms. The summed E-state index contributed by atoms with van der Waals surface area (Å²) in [6, 6.07) is 12.7. The first kappa shape index (κ1) is 20.7. The highest BCUT2D eigenvalue weighted by atomic mass is 35.5. The van der Waals surface area contributed by atoms with Gasteiger partial charge >= 0.3 is 0 Å². The van der Waals surface area contributed by atoms with Gasteiger partial charge in [-0.2, -0.15) is 0 Å². The van der Waals surface area contributed by atoms with E-state index in [1.807, 2.05) is 61.9 Å². The molecule has 28 heavy (non-hydrogen) atoms. The summed E-state index contributed by atoms with van der Waals surface area (Å²) in [5.41, 5.74) is 2.78. The van der Waals surface area contributed by atoms with Crippen LogP contribution in [0.4, 0.5) is 0 Å². The number of amides is 1. The molecule has 3 rings (SSSR count). The molecule has 1 heterocycles. The van der Waals surface area contributed by atoms with Gasteiger partial charge in [0.1, 0.15) is 0 Å². The Labute approximate surface area is 178 Å². The molecule has 2 aromatic carbocycles. The standard InChI is InChI=1S/C20H20Cl2N4OS/c1-12-4-7-15(8-5-12)19(27)23-13(2)18-24-25-20(26(18)3)28-11-14-6-9-16(21)17(22)10-14/h4-10,13H,11H2,1-3H3,(H,23,27)/t13-/m0/s1. The molecule has 0 unspecified atom stereocenters. The second-order valence-corrected chi connectivity index (χ2v) is 8.26. The van der Waals surface area contributed by atoms with E-state index in [0.717, 1.165) is 16.3 Å². The Morgan fingerprint density at radius 1 is 1.14 bits per heavy atom. The maximum Gasteiger partial charge on any atom is 0.251 e. The minimum atomic E-state index is -0.273. The zero-order valence-corrected chi connectivity index (χ0v) is 18.1. The van der Waals surface area contributed by atoms with Crippen LogP contribution >= 0.6 is 35.0 Å². The van der Waals surface area contributed by atoms with E-state index in [9.17, 15) is 4.79 Å². The third-order valence-electron chi connectivity index (χ3n) is 4.27. The highest BCUT2D eigenvalue weighted by molar-refractivity contribution is 7.98. The number of aromatic nitrogens is 3. The van der Waals surface area contributed by atoms with Crippen molar-refractivity contribution in [3.05, 3.63) is 75.0 Å². The monoisotopic (exact) mass is 434 g/mol. The van der Waals surface area contributed by atoms with E-state index < -0.39 is 0 Å². The van der Waals surface area contributed by atoms with Crippen LogP contribution in [0.15, 0.2) is 47.6 Å². The first-order chi connectivity index (χ1) is 13.3. The fourth-order valence-corrected chi connectivity index (χ4v) is 3.84. The number of hydrogen-bond acceptors (Lipinski definition) is 4. The highest BCUT2D eigenvalue weighted by Gasteiger charge is 2.18. The molecule has 1 amide bonds. The fourth-order valence-electron chi connectivity index (χ4n) is 2.66. The fraction of sp³-hybridized carbons (Fsp3) is 0.250. The van der Waals surface area contributed by atoms with Crippen LogP contribution in [0.2, 0.25) is 10.0 Å². The summed E-state index contributed by atoms with van der Waals surface area (Å²) < 4.78 is 1.89. The van der Waals surface area contributed by atoms with E-state index in [1.165, 1.54) is 0 Å². The molecule has 0 saturated heterocycles. The van der Waals surface area contributed by atoms with Gasteiger partial charge in [0, 0.05) is 18.4 Å². The summed E-state index contributed by atoms with van der Waals surface area (Å²) in [5, 5.41) is 13.3. The third-order valence-corrected chi connectivity index (χ3v) is 6.10. The van der Waals surface area contributed by atoms with Gasteiger partial charge in [0.2, 0.25) is 0 Å². The Kier molecular flexibility index (Phi) is 6.65. The van der Waals surface area contributed by atoms with E-state index in [2.05, 4.69) is 15.5 Å². The predicted molar refractivity (Wildman–Crippen MR) is 114 cm³/mol. The van der Waals surface area contributed by atoms with Crippen LogP contribution in [0.25, 0.3) is 0 Å². The maximum atomic E-state index is 12.4. The molecule has 0 aliphatic rings. The zero-order valence-electron chi connectivity index (χ0n) is 15.7. The molecule has 1 aromatic heterocycles. The molecular weight excluding hydrogens is 415 g/mol. The van der Waals surface area contributed by atoms with Gasteiger partial charge < -0.3 is 9.88 Å². The van der Waals surface area contributed by atoms with Gasteiger partial charge in [-0.1, -0.05) is 58.7 Å². The molecule has 3 aromatic rings. The Bertz CT molecular complexity index is 988. The number of nitrogens with zero attached hydrogens (tertiary/aromatic N) is 3. The summed E-state index contributed by atoms with van der Waals surface area (Å²) >= 11 is 13.6. The van der Waals surface area contributed by atoms with Crippen LogP contribution in [0, 0.1) is 6.92 Å². The van der Waals surface area contributed by atoms with E-state index in [1.54, 1.807) is 17.8 Å². The number of halogens is 2. The Morgan fingerprint density at radius 2 is 1.86 bits per heavy atom. The van der Waals surface area contributed by atoms with Crippen molar-refractivity contribution in [2.24, 2.45) is 7.05 Å². The van der Waals surface area contributed by atoms with Crippen LogP contribution in [-0.4, -0.2) is 20.7 Å². The summed E-state index contributed by atoms with van der Waals surface area (Å²) in [5.74, 6) is 1.24. The highest BCUT2D eigenvalue weighted by Crippen LogP contribution is 2.27. The summed E-state index contributed by atoms with van der Waals surface area (Å²) in [7, 11) is 1.89. The smallest absolute Gasteiger partial charge is 0.251 e. The van der Waals surface area contributed by atoms with E-state index >= 15 is 0 Å². The van der Waals surface area contributed by atoms with Crippen LogP contribution in [-0.2, 0) is 12.8 Å². The molecule has 0 radical (unpaired) electrons. The number of carbonyl (C=O) groups excluding carboxylic acids is 1. The maximum absolute atomic E-state index is 12.4. The zero-order chi connectivity index (χ0) is 20.3. The molecule has 5 nitrogen and oxygen atoms in total. The van der Waals surface area contributed by atoms with Gasteiger partial charge in [0.25, 0.3) is 5.91 Å². The minimum Gasteiger partial charge on any atom is -0.342 e. The first-order valence-corrected chi connectivity index (χ1v) is 10.4. The Balaban J connectivity index is 1.65. The first-order valence-electron chi connectivity index (χ1n) is 8.68. The topological polar surface area (TPSA) is 59.8 Å². The number of hydrogen-bond donors (Lipinski definition) is 1. The number of rotatable bonds is 6. The second kappa shape index (κ2) is 8.99. The molecule has 8 heteroatoms. The quantitative estimate of drug-likeness (QED) is 0.540. The minimum absolute atomic E-state index is 0.138. The third kappa shape index (κ3) is 4.87. The molecule has 0 bridgehead atoms. The number of thioether (sulfide) groups is 1. The lowest BCUT2D eigenvalue weighted by Crippen LogP contribution is -2.28. The number of aryl methyl sites for hydroxylation is 1. The lowest BCUT2D eigenvalue weighted by Gasteiger charge is -2.14. The van der Waals surface area contributed by atoms with Crippen molar-refractivity contribution < 1.29 is 4.79 Å². The van der Waals surface area contributed by atoms with E-state index in [-0.39, 0.29) is 11.9 Å². The van der Waals surface area contributed by atoms with Crippen LogP contribution in [0.1, 0.15) is 40.3 Å².